The van der Waals surface area contributed by atoms with Gasteiger partial charge in [-0.25, -0.2) is 4.39 Å². The number of nitrogens with two attached hydrogens (primary N) is 1. The fourth-order valence-electron chi connectivity index (χ4n) is 3.12. The molecule has 20 heavy (non-hydrogen) atoms. The second kappa shape index (κ2) is 4.91. The summed E-state index contributed by atoms with van der Waals surface area (Å²) in [5.74, 6) is -0.228. The van der Waals surface area contributed by atoms with E-state index in [0.29, 0.717) is 11.6 Å². The summed E-state index contributed by atoms with van der Waals surface area (Å²) in [5, 5.41) is 0. The van der Waals surface area contributed by atoms with Crippen LogP contribution < -0.4 is 10.6 Å². The monoisotopic (exact) mass is 270 g/mol. The normalized spacial score (nSPS) is 19.0. The van der Waals surface area contributed by atoms with Crippen LogP contribution in [0.2, 0.25) is 0 Å². The number of anilines is 2. The summed E-state index contributed by atoms with van der Waals surface area (Å²) < 4.78 is 14.2. The Bertz CT molecular complexity index is 637. The highest BCUT2D eigenvalue weighted by atomic mass is 19.1. The van der Waals surface area contributed by atoms with E-state index in [-0.39, 0.29) is 11.9 Å². The largest absolute Gasteiger partial charge is 0.338 e. The van der Waals surface area contributed by atoms with E-state index in [1.807, 2.05) is 25.1 Å². The molecule has 0 aliphatic carbocycles. The molecule has 104 valence electrons. The van der Waals surface area contributed by atoms with Crippen LogP contribution in [-0.4, -0.2) is 6.04 Å². The Morgan fingerprint density at radius 1 is 1.15 bits per heavy atom. The lowest BCUT2D eigenvalue weighted by molar-refractivity contribution is 0.591. The van der Waals surface area contributed by atoms with Crippen molar-refractivity contribution in [3.05, 3.63) is 59.4 Å². The van der Waals surface area contributed by atoms with Gasteiger partial charge in [0.05, 0.1) is 0 Å². The highest BCUT2D eigenvalue weighted by Gasteiger charge is 2.29. The SMILES string of the molecule is CC1Cc2ccccc2N1c1cccc(F)c1[C@@H](C)N. The standard InChI is InChI=1S/C17H19FN2/c1-11-10-13-6-3-4-8-15(13)20(11)16-9-5-7-14(18)17(16)12(2)19/h3-9,11-12H,10,19H2,1-2H3/t11?,12-/m1/s1. The molecule has 1 aliphatic heterocycles. The third-order valence-corrected chi connectivity index (χ3v) is 3.95. The molecule has 2 N–H and O–H groups in total. The Balaban J connectivity index is 2.17. The van der Waals surface area contributed by atoms with Gasteiger partial charge in [-0.15, -0.1) is 0 Å². The van der Waals surface area contributed by atoms with Gasteiger partial charge in [0, 0.05) is 29.0 Å². The number of para-hydroxylation sites is 1. The predicted octanol–water partition coefficient (Wildman–Crippen LogP) is 3.93. The van der Waals surface area contributed by atoms with E-state index in [4.69, 9.17) is 5.73 Å². The molecule has 2 aromatic rings. The number of hydrogen-bond acceptors (Lipinski definition) is 2. The molecular weight excluding hydrogens is 251 g/mol. The number of hydrogen-bond donors (Lipinski definition) is 1. The molecule has 2 nitrogen and oxygen atoms in total. The van der Waals surface area contributed by atoms with E-state index in [0.717, 1.165) is 17.8 Å². The van der Waals surface area contributed by atoms with Crippen LogP contribution in [0.25, 0.3) is 0 Å². The minimum atomic E-state index is -0.328. The Labute approximate surface area is 119 Å². The Morgan fingerprint density at radius 2 is 1.85 bits per heavy atom. The van der Waals surface area contributed by atoms with Crippen LogP contribution in [0, 0.1) is 5.82 Å². The van der Waals surface area contributed by atoms with Crippen LogP contribution in [0.4, 0.5) is 15.8 Å². The number of halogens is 1. The highest BCUT2D eigenvalue weighted by Crippen LogP contribution is 2.41. The Hall–Kier alpha value is -1.87. The fourth-order valence-corrected chi connectivity index (χ4v) is 3.12. The third-order valence-electron chi connectivity index (χ3n) is 3.95. The van der Waals surface area contributed by atoms with Crippen molar-refractivity contribution in [2.75, 3.05) is 4.90 Å². The molecule has 0 fully saturated rings. The molecule has 0 aromatic heterocycles. The third kappa shape index (κ3) is 1.98. The number of rotatable bonds is 2. The van der Waals surface area contributed by atoms with E-state index in [1.165, 1.54) is 11.6 Å². The molecule has 3 heteroatoms. The second-order valence-corrected chi connectivity index (χ2v) is 5.51. The maximum atomic E-state index is 14.2. The topological polar surface area (TPSA) is 29.3 Å². The summed E-state index contributed by atoms with van der Waals surface area (Å²) in [4.78, 5) is 2.21. The molecule has 0 saturated heterocycles. The average Bonchev–Trinajstić information content (AvgIpc) is 2.73. The van der Waals surface area contributed by atoms with Gasteiger partial charge >= 0.3 is 0 Å². The van der Waals surface area contributed by atoms with Crippen LogP contribution in [0.3, 0.4) is 0 Å². The number of benzene rings is 2. The van der Waals surface area contributed by atoms with E-state index >= 15 is 0 Å². The molecule has 0 bridgehead atoms. The van der Waals surface area contributed by atoms with Crippen LogP contribution in [0.5, 0.6) is 0 Å². The summed E-state index contributed by atoms with van der Waals surface area (Å²) in [6.07, 6.45) is 0.977. The first-order valence-corrected chi connectivity index (χ1v) is 7.00. The van der Waals surface area contributed by atoms with Gasteiger partial charge < -0.3 is 10.6 Å². The Morgan fingerprint density at radius 3 is 2.60 bits per heavy atom. The van der Waals surface area contributed by atoms with Gasteiger partial charge in [-0.3, -0.25) is 0 Å². The van der Waals surface area contributed by atoms with Crippen molar-refractivity contribution in [3.8, 4) is 0 Å². The maximum Gasteiger partial charge on any atom is 0.130 e. The van der Waals surface area contributed by atoms with Crippen molar-refractivity contribution in [1.82, 2.24) is 0 Å². The predicted molar refractivity (Wildman–Crippen MR) is 80.7 cm³/mol. The van der Waals surface area contributed by atoms with Crippen molar-refractivity contribution in [1.29, 1.82) is 0 Å². The van der Waals surface area contributed by atoms with Crippen molar-refractivity contribution in [2.24, 2.45) is 5.73 Å². The lowest BCUT2D eigenvalue weighted by atomic mass is 10.0. The molecule has 0 radical (unpaired) electrons. The molecular formula is C17H19FN2. The van der Waals surface area contributed by atoms with Crippen molar-refractivity contribution in [3.63, 3.8) is 0 Å². The van der Waals surface area contributed by atoms with Crippen molar-refractivity contribution in [2.45, 2.75) is 32.4 Å². The molecule has 2 atom stereocenters. The fraction of sp³-hybridized carbons (Fsp3) is 0.294. The van der Waals surface area contributed by atoms with Gasteiger partial charge in [0.2, 0.25) is 0 Å². The molecule has 0 saturated carbocycles. The van der Waals surface area contributed by atoms with Gasteiger partial charge in [-0.1, -0.05) is 24.3 Å². The van der Waals surface area contributed by atoms with Crippen LogP contribution in [0.15, 0.2) is 42.5 Å². The van der Waals surface area contributed by atoms with Gasteiger partial charge in [0.15, 0.2) is 0 Å². The molecule has 3 rings (SSSR count). The average molecular weight is 270 g/mol. The quantitative estimate of drug-likeness (QED) is 0.896. The summed E-state index contributed by atoms with van der Waals surface area (Å²) in [7, 11) is 0. The summed E-state index contributed by atoms with van der Waals surface area (Å²) in [5.41, 5.74) is 9.93. The molecule has 0 spiro atoms. The molecule has 2 aromatic carbocycles. The smallest absolute Gasteiger partial charge is 0.130 e. The van der Waals surface area contributed by atoms with Gasteiger partial charge in [0.1, 0.15) is 5.82 Å². The van der Waals surface area contributed by atoms with Gasteiger partial charge in [0.25, 0.3) is 0 Å². The molecule has 1 heterocycles. The van der Waals surface area contributed by atoms with Crippen molar-refractivity contribution < 1.29 is 4.39 Å². The van der Waals surface area contributed by atoms with E-state index in [9.17, 15) is 4.39 Å². The molecule has 1 aliphatic rings. The lowest BCUT2D eigenvalue weighted by Gasteiger charge is -2.28. The van der Waals surface area contributed by atoms with Crippen LogP contribution >= 0.6 is 0 Å². The van der Waals surface area contributed by atoms with Crippen LogP contribution in [0.1, 0.15) is 31.0 Å². The van der Waals surface area contributed by atoms with E-state index in [1.54, 1.807) is 6.07 Å². The number of nitrogens with zero attached hydrogens (tertiary/aromatic N) is 1. The lowest BCUT2D eigenvalue weighted by Crippen LogP contribution is -2.26. The zero-order valence-corrected chi connectivity index (χ0v) is 11.8. The first kappa shape index (κ1) is 13.1. The summed E-state index contributed by atoms with van der Waals surface area (Å²) in [6.45, 7) is 3.99. The molecule has 1 unspecified atom stereocenters. The highest BCUT2D eigenvalue weighted by molar-refractivity contribution is 5.73. The first-order valence-electron chi connectivity index (χ1n) is 7.00. The van der Waals surface area contributed by atoms with Gasteiger partial charge in [-0.2, -0.15) is 0 Å². The first-order chi connectivity index (χ1) is 9.59. The van der Waals surface area contributed by atoms with Gasteiger partial charge in [-0.05, 0) is 44.0 Å². The van der Waals surface area contributed by atoms with Crippen molar-refractivity contribution >= 4 is 11.4 Å². The summed E-state index contributed by atoms with van der Waals surface area (Å²) >= 11 is 0. The number of fused-ring (bicyclic) bond motifs is 1. The molecule has 0 amide bonds. The minimum absolute atomic E-state index is 0.228. The second-order valence-electron chi connectivity index (χ2n) is 5.51. The zero-order chi connectivity index (χ0) is 14.3. The maximum absolute atomic E-state index is 14.2. The summed E-state index contributed by atoms with van der Waals surface area (Å²) in [6, 6.07) is 13.5. The van der Waals surface area contributed by atoms with Crippen LogP contribution in [-0.2, 0) is 6.42 Å². The minimum Gasteiger partial charge on any atom is -0.338 e. The zero-order valence-electron chi connectivity index (χ0n) is 11.8. The Kier molecular flexibility index (Phi) is 3.22. The van der Waals surface area contributed by atoms with E-state index in [2.05, 4.69) is 24.0 Å². The van der Waals surface area contributed by atoms with E-state index < -0.39 is 0 Å².